The third kappa shape index (κ3) is 2.47. The van der Waals surface area contributed by atoms with Crippen LogP contribution in [0.15, 0.2) is 22.7 Å². The summed E-state index contributed by atoms with van der Waals surface area (Å²) in [4.78, 5) is 0. The Morgan fingerprint density at radius 2 is 1.67 bits per heavy atom. The topological polar surface area (TPSA) is 51.6 Å². The highest BCUT2D eigenvalue weighted by atomic mass is 79.9. The van der Waals surface area contributed by atoms with Gasteiger partial charge in [0, 0.05) is 10.0 Å². The number of alkyl halides is 3. The summed E-state index contributed by atoms with van der Waals surface area (Å²) < 4.78 is 38.9. The summed E-state index contributed by atoms with van der Waals surface area (Å²) in [6.45, 7) is 1.55. The Hall–Kier alpha value is -1.57. The number of aryl methyl sites for hydroxylation is 1. The minimum absolute atomic E-state index is 0.162. The molecule has 0 unspecified atom stereocenters. The van der Waals surface area contributed by atoms with E-state index >= 15 is 0 Å². The van der Waals surface area contributed by atoms with E-state index in [0.29, 0.717) is 5.82 Å². The SMILES string of the molecule is Cc1nnc(-c2c(Br)cccc2C(F)(F)F)nn1. The molecule has 0 fully saturated rings. The van der Waals surface area contributed by atoms with Crippen molar-refractivity contribution in [1.82, 2.24) is 20.4 Å². The first-order valence-corrected chi connectivity index (χ1v) is 5.59. The summed E-state index contributed by atoms with van der Waals surface area (Å²) >= 11 is 3.06. The Morgan fingerprint density at radius 3 is 2.22 bits per heavy atom. The van der Waals surface area contributed by atoms with E-state index in [0.717, 1.165) is 6.07 Å². The molecule has 0 aliphatic carbocycles. The lowest BCUT2D eigenvalue weighted by Gasteiger charge is -2.12. The molecule has 0 aliphatic rings. The van der Waals surface area contributed by atoms with Crippen molar-refractivity contribution in [2.75, 3.05) is 0 Å². The summed E-state index contributed by atoms with van der Waals surface area (Å²) in [7, 11) is 0. The van der Waals surface area contributed by atoms with Gasteiger partial charge < -0.3 is 0 Å². The van der Waals surface area contributed by atoms with Crippen LogP contribution in [0.2, 0.25) is 0 Å². The molecule has 1 aromatic heterocycles. The minimum Gasteiger partial charge on any atom is -0.166 e. The van der Waals surface area contributed by atoms with Gasteiger partial charge >= 0.3 is 6.18 Å². The third-order valence-corrected chi connectivity index (χ3v) is 2.78. The van der Waals surface area contributed by atoms with Crippen LogP contribution in [0.4, 0.5) is 13.2 Å². The molecule has 0 spiro atoms. The quantitative estimate of drug-likeness (QED) is 0.811. The standard InChI is InChI=1S/C10H6BrF3N4/c1-5-15-17-9(18-16-5)8-6(10(12,13)14)3-2-4-7(8)11/h2-4H,1H3. The van der Waals surface area contributed by atoms with Gasteiger partial charge in [-0.25, -0.2) is 0 Å². The van der Waals surface area contributed by atoms with Crippen molar-refractivity contribution in [1.29, 1.82) is 0 Å². The van der Waals surface area contributed by atoms with E-state index in [9.17, 15) is 13.2 Å². The number of hydrogen-bond donors (Lipinski definition) is 0. The third-order valence-electron chi connectivity index (χ3n) is 2.12. The van der Waals surface area contributed by atoms with Gasteiger partial charge in [-0.3, -0.25) is 0 Å². The largest absolute Gasteiger partial charge is 0.417 e. The molecule has 18 heavy (non-hydrogen) atoms. The van der Waals surface area contributed by atoms with Crippen LogP contribution in [0.1, 0.15) is 11.4 Å². The normalized spacial score (nSPS) is 11.6. The fourth-order valence-corrected chi connectivity index (χ4v) is 1.91. The monoisotopic (exact) mass is 318 g/mol. The summed E-state index contributed by atoms with van der Waals surface area (Å²) in [6.07, 6.45) is -4.49. The van der Waals surface area contributed by atoms with Crippen molar-refractivity contribution in [2.45, 2.75) is 13.1 Å². The van der Waals surface area contributed by atoms with Gasteiger partial charge in [-0.05, 0) is 19.1 Å². The Kier molecular flexibility index (Phi) is 3.29. The van der Waals surface area contributed by atoms with Crippen molar-refractivity contribution in [2.24, 2.45) is 0 Å². The van der Waals surface area contributed by atoms with E-state index in [-0.39, 0.29) is 15.9 Å². The molecule has 94 valence electrons. The zero-order valence-corrected chi connectivity index (χ0v) is 10.6. The molecule has 0 atom stereocenters. The average molecular weight is 319 g/mol. The molecule has 1 heterocycles. The summed E-state index contributed by atoms with van der Waals surface area (Å²) in [6, 6.07) is 3.74. The molecule has 0 amide bonds. The van der Waals surface area contributed by atoms with E-state index in [2.05, 4.69) is 36.3 Å². The molecule has 2 aromatic rings. The molecule has 8 heteroatoms. The van der Waals surface area contributed by atoms with Crippen molar-refractivity contribution in [3.8, 4) is 11.4 Å². The highest BCUT2D eigenvalue weighted by molar-refractivity contribution is 9.10. The van der Waals surface area contributed by atoms with Gasteiger partial charge in [0.15, 0.2) is 5.82 Å². The minimum atomic E-state index is -4.49. The van der Waals surface area contributed by atoms with Crippen molar-refractivity contribution < 1.29 is 13.2 Å². The average Bonchev–Trinajstić information content (AvgIpc) is 2.29. The summed E-state index contributed by atoms with van der Waals surface area (Å²) in [5.41, 5.74) is -0.991. The molecule has 1 aromatic carbocycles. The lowest BCUT2D eigenvalue weighted by Crippen LogP contribution is -2.10. The lowest BCUT2D eigenvalue weighted by atomic mass is 10.1. The predicted molar refractivity (Wildman–Crippen MR) is 60.5 cm³/mol. The zero-order chi connectivity index (χ0) is 13.3. The maximum absolute atomic E-state index is 12.9. The van der Waals surface area contributed by atoms with Gasteiger partial charge in [0.2, 0.25) is 5.82 Å². The second-order valence-electron chi connectivity index (χ2n) is 3.43. The summed E-state index contributed by atoms with van der Waals surface area (Å²) in [5, 5.41) is 14.5. The van der Waals surface area contributed by atoms with Gasteiger partial charge in [0.05, 0.1) is 5.56 Å². The van der Waals surface area contributed by atoms with Crippen LogP contribution in [-0.2, 0) is 6.18 Å². The molecule has 2 rings (SSSR count). The second kappa shape index (κ2) is 4.60. The van der Waals surface area contributed by atoms with Crippen LogP contribution < -0.4 is 0 Å². The number of aromatic nitrogens is 4. The molecular formula is C10H6BrF3N4. The van der Waals surface area contributed by atoms with Gasteiger partial charge in [-0.1, -0.05) is 22.0 Å². The van der Waals surface area contributed by atoms with E-state index in [4.69, 9.17) is 0 Å². The van der Waals surface area contributed by atoms with E-state index in [1.165, 1.54) is 12.1 Å². The Bertz CT molecular complexity index is 568. The van der Waals surface area contributed by atoms with Crippen LogP contribution in [0.25, 0.3) is 11.4 Å². The fraction of sp³-hybridized carbons (Fsp3) is 0.200. The van der Waals surface area contributed by atoms with Crippen LogP contribution in [-0.4, -0.2) is 20.4 Å². The molecule has 0 radical (unpaired) electrons. The van der Waals surface area contributed by atoms with Gasteiger partial charge in [0.25, 0.3) is 0 Å². The van der Waals surface area contributed by atoms with Crippen LogP contribution in [0, 0.1) is 6.92 Å². The van der Waals surface area contributed by atoms with Crippen LogP contribution in [0.3, 0.4) is 0 Å². The number of halogens is 4. The zero-order valence-electron chi connectivity index (χ0n) is 9.03. The molecular weight excluding hydrogens is 313 g/mol. The number of rotatable bonds is 1. The Morgan fingerprint density at radius 1 is 1.06 bits per heavy atom. The van der Waals surface area contributed by atoms with Crippen LogP contribution >= 0.6 is 15.9 Å². The van der Waals surface area contributed by atoms with Gasteiger partial charge in [-0.15, -0.1) is 20.4 Å². The maximum Gasteiger partial charge on any atom is 0.417 e. The van der Waals surface area contributed by atoms with Crippen molar-refractivity contribution in [3.63, 3.8) is 0 Å². The van der Waals surface area contributed by atoms with Crippen molar-refractivity contribution in [3.05, 3.63) is 34.1 Å². The van der Waals surface area contributed by atoms with E-state index in [1.54, 1.807) is 6.92 Å². The molecule has 0 saturated heterocycles. The fourth-order valence-electron chi connectivity index (χ4n) is 1.37. The molecule has 0 aliphatic heterocycles. The van der Waals surface area contributed by atoms with Gasteiger partial charge in [-0.2, -0.15) is 13.2 Å². The first-order chi connectivity index (χ1) is 8.39. The Labute approximate surface area is 108 Å². The predicted octanol–water partition coefficient (Wildman–Crippen LogP) is 3.02. The molecule has 0 bridgehead atoms. The lowest BCUT2D eigenvalue weighted by molar-refractivity contribution is -0.137. The number of benzene rings is 1. The number of hydrogen-bond acceptors (Lipinski definition) is 4. The first-order valence-electron chi connectivity index (χ1n) is 4.79. The first kappa shape index (κ1) is 12.9. The second-order valence-corrected chi connectivity index (χ2v) is 4.29. The maximum atomic E-state index is 12.9. The van der Waals surface area contributed by atoms with Gasteiger partial charge in [0.1, 0.15) is 0 Å². The van der Waals surface area contributed by atoms with E-state index in [1.807, 2.05) is 0 Å². The molecule has 0 saturated carbocycles. The van der Waals surface area contributed by atoms with Crippen molar-refractivity contribution >= 4 is 15.9 Å². The Balaban J connectivity index is 2.66. The molecule has 0 N–H and O–H groups in total. The van der Waals surface area contributed by atoms with E-state index < -0.39 is 11.7 Å². The number of nitrogens with zero attached hydrogens (tertiary/aromatic N) is 4. The molecule has 4 nitrogen and oxygen atoms in total. The highest BCUT2D eigenvalue weighted by Crippen LogP contribution is 2.39. The highest BCUT2D eigenvalue weighted by Gasteiger charge is 2.35. The smallest absolute Gasteiger partial charge is 0.166 e. The van der Waals surface area contributed by atoms with Crippen LogP contribution in [0.5, 0.6) is 0 Å². The summed E-state index contributed by atoms with van der Waals surface area (Å²) in [5.74, 6) is 0.125.